The summed E-state index contributed by atoms with van der Waals surface area (Å²) in [6.45, 7) is 7.99. The minimum atomic E-state index is -0.315. The van der Waals surface area contributed by atoms with Crippen molar-refractivity contribution in [2.75, 3.05) is 5.73 Å². The van der Waals surface area contributed by atoms with Crippen LogP contribution in [-0.4, -0.2) is 0 Å². The van der Waals surface area contributed by atoms with Gasteiger partial charge in [0.15, 0.2) is 0 Å². The highest BCUT2D eigenvalue weighted by Gasteiger charge is 2.16. The third-order valence-electron chi connectivity index (χ3n) is 2.20. The number of hydrogen-bond acceptors (Lipinski definition) is 1. The molecule has 0 aliphatic heterocycles. The van der Waals surface area contributed by atoms with Crippen LogP contribution in [0.5, 0.6) is 0 Å². The molecule has 0 bridgehead atoms. The Balaban J connectivity index is 3.29. The number of benzene rings is 1. The molecule has 0 amide bonds. The van der Waals surface area contributed by atoms with Gasteiger partial charge in [-0.1, -0.05) is 26.8 Å². The van der Waals surface area contributed by atoms with Gasteiger partial charge in [0, 0.05) is 0 Å². The largest absolute Gasteiger partial charge is 0.396 e. The number of aryl methyl sites for hydroxylation is 1. The smallest absolute Gasteiger partial charge is 0.146 e. The molecule has 0 unspecified atom stereocenters. The number of nitrogen functional groups attached to an aromatic ring is 1. The molecule has 13 heavy (non-hydrogen) atoms. The topological polar surface area (TPSA) is 26.0 Å². The van der Waals surface area contributed by atoms with E-state index in [0.717, 1.165) is 11.1 Å². The van der Waals surface area contributed by atoms with Crippen LogP contribution < -0.4 is 5.73 Å². The Hall–Kier alpha value is -1.05. The van der Waals surface area contributed by atoms with Gasteiger partial charge in [-0.2, -0.15) is 0 Å². The molecule has 0 saturated carbocycles. The van der Waals surface area contributed by atoms with E-state index in [1.807, 2.05) is 13.0 Å². The number of hydrogen-bond donors (Lipinski definition) is 1. The predicted octanol–water partition coefficient (Wildman–Crippen LogP) is 3.01. The minimum absolute atomic E-state index is 0.0285. The van der Waals surface area contributed by atoms with Crippen molar-refractivity contribution in [3.8, 4) is 0 Å². The van der Waals surface area contributed by atoms with E-state index in [9.17, 15) is 4.39 Å². The van der Waals surface area contributed by atoms with Crippen molar-refractivity contribution >= 4 is 5.69 Å². The van der Waals surface area contributed by atoms with E-state index in [1.165, 1.54) is 6.07 Å². The second-order valence-electron chi connectivity index (χ2n) is 4.44. The lowest BCUT2D eigenvalue weighted by molar-refractivity contribution is 0.573. The van der Waals surface area contributed by atoms with Gasteiger partial charge in [-0.05, 0) is 29.5 Å². The van der Waals surface area contributed by atoms with Crippen LogP contribution in [0.15, 0.2) is 12.1 Å². The lowest BCUT2D eigenvalue weighted by atomic mass is 9.86. The van der Waals surface area contributed by atoms with Crippen molar-refractivity contribution in [2.45, 2.75) is 33.1 Å². The van der Waals surface area contributed by atoms with Crippen molar-refractivity contribution in [3.63, 3.8) is 0 Å². The first-order valence-electron chi connectivity index (χ1n) is 4.38. The van der Waals surface area contributed by atoms with Crippen molar-refractivity contribution in [3.05, 3.63) is 29.1 Å². The number of nitrogens with two attached hydrogens (primary N) is 1. The van der Waals surface area contributed by atoms with Crippen molar-refractivity contribution in [1.29, 1.82) is 0 Å². The average molecular weight is 181 g/mol. The quantitative estimate of drug-likeness (QED) is 0.612. The first-order valence-corrected chi connectivity index (χ1v) is 4.38. The molecule has 0 saturated heterocycles. The Morgan fingerprint density at radius 1 is 1.23 bits per heavy atom. The lowest BCUT2D eigenvalue weighted by Crippen LogP contribution is -2.12. The molecule has 1 rings (SSSR count). The van der Waals surface area contributed by atoms with Crippen LogP contribution in [0.25, 0.3) is 0 Å². The lowest BCUT2D eigenvalue weighted by Gasteiger charge is -2.20. The van der Waals surface area contributed by atoms with E-state index in [4.69, 9.17) is 5.73 Å². The molecule has 0 heterocycles. The number of anilines is 1. The summed E-state index contributed by atoms with van der Waals surface area (Å²) >= 11 is 0. The summed E-state index contributed by atoms with van der Waals surface area (Å²) in [4.78, 5) is 0. The van der Waals surface area contributed by atoms with Crippen molar-refractivity contribution in [1.82, 2.24) is 0 Å². The Kier molecular flexibility index (Phi) is 2.33. The molecule has 0 aromatic heterocycles. The van der Waals surface area contributed by atoms with E-state index < -0.39 is 0 Å². The van der Waals surface area contributed by atoms with E-state index in [-0.39, 0.29) is 16.9 Å². The molecule has 1 aromatic rings. The van der Waals surface area contributed by atoms with Gasteiger partial charge in [-0.3, -0.25) is 0 Å². The highest BCUT2D eigenvalue weighted by atomic mass is 19.1. The second-order valence-corrected chi connectivity index (χ2v) is 4.44. The Morgan fingerprint density at radius 3 is 2.15 bits per heavy atom. The predicted molar refractivity (Wildman–Crippen MR) is 54.2 cm³/mol. The van der Waals surface area contributed by atoms with E-state index >= 15 is 0 Å². The first kappa shape index (κ1) is 10.0. The summed E-state index contributed by atoms with van der Waals surface area (Å²) in [5.74, 6) is -0.315. The van der Waals surface area contributed by atoms with E-state index in [0.29, 0.717) is 0 Å². The molecule has 72 valence electrons. The SMILES string of the molecule is Cc1cc(C(C)(C)C)cc(F)c1N. The third kappa shape index (κ3) is 2.00. The molecule has 1 aromatic carbocycles. The van der Waals surface area contributed by atoms with Gasteiger partial charge in [0.1, 0.15) is 5.82 Å². The number of halogens is 1. The maximum atomic E-state index is 13.2. The maximum absolute atomic E-state index is 13.2. The van der Waals surface area contributed by atoms with E-state index in [2.05, 4.69) is 20.8 Å². The van der Waals surface area contributed by atoms with Gasteiger partial charge in [-0.15, -0.1) is 0 Å². The summed E-state index contributed by atoms with van der Waals surface area (Å²) < 4.78 is 13.2. The summed E-state index contributed by atoms with van der Waals surface area (Å²) in [7, 11) is 0. The molecule has 1 nitrogen and oxygen atoms in total. The standard InChI is InChI=1S/C11H16FN/c1-7-5-8(11(2,3)4)6-9(12)10(7)13/h5-6H,13H2,1-4H3. The summed E-state index contributed by atoms with van der Waals surface area (Å²) in [5.41, 5.74) is 7.54. The zero-order chi connectivity index (χ0) is 10.2. The van der Waals surface area contributed by atoms with Crippen molar-refractivity contribution < 1.29 is 4.39 Å². The average Bonchev–Trinajstić information content (AvgIpc) is 1.97. The first-order chi connectivity index (χ1) is 5.82. The Labute approximate surface area is 78.8 Å². The normalized spacial score (nSPS) is 11.8. The molecule has 0 spiro atoms. The van der Waals surface area contributed by atoms with Gasteiger partial charge in [0.05, 0.1) is 5.69 Å². The molecular formula is C11H16FN. The zero-order valence-corrected chi connectivity index (χ0v) is 8.61. The monoisotopic (exact) mass is 181 g/mol. The third-order valence-corrected chi connectivity index (χ3v) is 2.20. The molecule has 2 heteroatoms. The fourth-order valence-corrected chi connectivity index (χ4v) is 1.19. The van der Waals surface area contributed by atoms with Crippen LogP contribution in [0.4, 0.5) is 10.1 Å². The van der Waals surface area contributed by atoms with E-state index in [1.54, 1.807) is 0 Å². The Morgan fingerprint density at radius 2 is 1.77 bits per heavy atom. The molecule has 0 atom stereocenters. The minimum Gasteiger partial charge on any atom is -0.396 e. The van der Waals surface area contributed by atoms with Crippen LogP contribution in [0.1, 0.15) is 31.9 Å². The molecule has 0 aliphatic rings. The van der Waals surface area contributed by atoms with Gasteiger partial charge < -0.3 is 5.73 Å². The van der Waals surface area contributed by atoms with Gasteiger partial charge in [0.2, 0.25) is 0 Å². The number of rotatable bonds is 0. The summed E-state index contributed by atoms with van der Waals surface area (Å²) in [5, 5.41) is 0. The van der Waals surface area contributed by atoms with Crippen molar-refractivity contribution in [2.24, 2.45) is 0 Å². The van der Waals surface area contributed by atoms with Crippen LogP contribution in [0.3, 0.4) is 0 Å². The highest BCUT2D eigenvalue weighted by Crippen LogP contribution is 2.27. The Bertz CT molecular complexity index is 300. The second kappa shape index (κ2) is 3.02. The summed E-state index contributed by atoms with van der Waals surface area (Å²) in [6, 6.07) is 3.46. The molecular weight excluding hydrogens is 165 g/mol. The highest BCUT2D eigenvalue weighted by molar-refractivity contribution is 5.50. The fraction of sp³-hybridized carbons (Fsp3) is 0.455. The van der Waals surface area contributed by atoms with Crippen LogP contribution in [0, 0.1) is 12.7 Å². The maximum Gasteiger partial charge on any atom is 0.146 e. The molecule has 2 N–H and O–H groups in total. The van der Waals surface area contributed by atoms with Crippen LogP contribution in [0.2, 0.25) is 0 Å². The fourth-order valence-electron chi connectivity index (χ4n) is 1.19. The molecule has 0 radical (unpaired) electrons. The summed E-state index contributed by atoms with van der Waals surface area (Å²) in [6.07, 6.45) is 0. The van der Waals surface area contributed by atoms with Crippen LogP contribution in [-0.2, 0) is 5.41 Å². The zero-order valence-electron chi connectivity index (χ0n) is 8.61. The van der Waals surface area contributed by atoms with Gasteiger partial charge >= 0.3 is 0 Å². The molecule has 0 aliphatic carbocycles. The molecule has 0 fully saturated rings. The van der Waals surface area contributed by atoms with Crippen LogP contribution >= 0.6 is 0 Å². The van der Waals surface area contributed by atoms with Gasteiger partial charge in [-0.25, -0.2) is 4.39 Å². The van der Waals surface area contributed by atoms with Gasteiger partial charge in [0.25, 0.3) is 0 Å².